The quantitative estimate of drug-likeness (QED) is 0.558. The molecule has 0 atom stereocenters. The molecule has 0 rings (SSSR count). The Labute approximate surface area is 89.4 Å². The Morgan fingerprint density at radius 2 is 1.87 bits per heavy atom. The maximum atomic E-state index is 11.4. The van der Waals surface area contributed by atoms with E-state index in [2.05, 4.69) is 10.1 Å². The summed E-state index contributed by atoms with van der Waals surface area (Å²) in [6.07, 6.45) is 1.11. The van der Waals surface area contributed by atoms with Crippen molar-refractivity contribution >= 4 is 12.0 Å². The number of rotatable bonds is 5. The molecule has 0 saturated carbocycles. The summed E-state index contributed by atoms with van der Waals surface area (Å²) in [4.78, 5) is 22.3. The van der Waals surface area contributed by atoms with Crippen molar-refractivity contribution in [3.05, 3.63) is 11.8 Å². The van der Waals surface area contributed by atoms with Gasteiger partial charge in [0.25, 0.3) is 5.91 Å². The predicted octanol–water partition coefficient (Wildman–Crippen LogP) is 1.59. The second-order valence-corrected chi connectivity index (χ2v) is 2.63. The van der Waals surface area contributed by atoms with Gasteiger partial charge < -0.3 is 9.47 Å². The molecule has 0 unspecified atom stereocenters. The van der Waals surface area contributed by atoms with E-state index >= 15 is 0 Å². The predicted molar refractivity (Wildman–Crippen MR) is 55.2 cm³/mol. The lowest BCUT2D eigenvalue weighted by molar-refractivity contribution is -0.117. The van der Waals surface area contributed by atoms with E-state index in [0.29, 0.717) is 18.6 Å². The van der Waals surface area contributed by atoms with Gasteiger partial charge in [-0.05, 0) is 20.3 Å². The topological polar surface area (TPSA) is 64.6 Å². The van der Waals surface area contributed by atoms with E-state index in [1.165, 1.54) is 6.26 Å². The van der Waals surface area contributed by atoms with Crippen LogP contribution in [0.1, 0.15) is 27.2 Å². The Bertz CT molecular complexity index is 248. The Balaban J connectivity index is 4.21. The fraction of sp³-hybridized carbons (Fsp3) is 0.600. The van der Waals surface area contributed by atoms with Crippen molar-refractivity contribution in [2.75, 3.05) is 13.2 Å². The molecule has 0 aliphatic rings. The van der Waals surface area contributed by atoms with E-state index in [9.17, 15) is 9.59 Å². The van der Waals surface area contributed by atoms with E-state index in [4.69, 9.17) is 4.74 Å². The van der Waals surface area contributed by atoms with Gasteiger partial charge in [0.2, 0.25) is 0 Å². The highest BCUT2D eigenvalue weighted by Gasteiger charge is 2.12. The van der Waals surface area contributed by atoms with Crippen LogP contribution in [0.2, 0.25) is 0 Å². The first-order chi connectivity index (χ1) is 7.15. The molecule has 0 fully saturated rings. The van der Waals surface area contributed by atoms with Gasteiger partial charge >= 0.3 is 6.09 Å². The van der Waals surface area contributed by atoms with Crippen molar-refractivity contribution in [1.82, 2.24) is 5.32 Å². The lowest BCUT2D eigenvalue weighted by atomic mass is 10.2. The van der Waals surface area contributed by atoms with Gasteiger partial charge in [-0.15, -0.1) is 0 Å². The minimum Gasteiger partial charge on any atom is -0.501 e. The van der Waals surface area contributed by atoms with Crippen molar-refractivity contribution < 1.29 is 19.1 Å². The maximum Gasteiger partial charge on any atom is 0.414 e. The molecule has 0 bridgehead atoms. The molecule has 0 spiro atoms. The first kappa shape index (κ1) is 13.5. The molecule has 1 N–H and O–H groups in total. The van der Waals surface area contributed by atoms with Crippen LogP contribution in [0.25, 0.3) is 0 Å². The zero-order valence-electron chi connectivity index (χ0n) is 9.33. The third-order valence-corrected chi connectivity index (χ3v) is 1.56. The van der Waals surface area contributed by atoms with Crippen LogP contribution in [0.3, 0.4) is 0 Å². The summed E-state index contributed by atoms with van der Waals surface area (Å²) in [5.74, 6) is -0.482. The monoisotopic (exact) mass is 215 g/mol. The first-order valence-electron chi connectivity index (χ1n) is 4.94. The second kappa shape index (κ2) is 7.84. The highest BCUT2D eigenvalue weighted by molar-refractivity contribution is 6.02. The molecular weight excluding hydrogens is 198 g/mol. The van der Waals surface area contributed by atoms with Crippen LogP contribution in [-0.2, 0) is 14.3 Å². The van der Waals surface area contributed by atoms with E-state index in [-0.39, 0.29) is 6.61 Å². The Morgan fingerprint density at radius 3 is 2.33 bits per heavy atom. The molecule has 0 heterocycles. The van der Waals surface area contributed by atoms with Gasteiger partial charge in [0.05, 0.1) is 25.0 Å². The standard InChI is InChI=1S/C10H17NO4/c1-4-8(7-14-5-2)9(12)11-10(13)15-6-3/h7H,4-6H2,1-3H3,(H,11,12,13)/b8-7+. The van der Waals surface area contributed by atoms with Gasteiger partial charge in [0.15, 0.2) is 0 Å². The molecule has 0 aromatic carbocycles. The van der Waals surface area contributed by atoms with Crippen LogP contribution in [0.15, 0.2) is 11.8 Å². The molecular formula is C10H17NO4. The van der Waals surface area contributed by atoms with Crippen molar-refractivity contribution in [1.29, 1.82) is 0 Å². The Hall–Kier alpha value is -1.52. The third kappa shape index (κ3) is 5.72. The molecule has 15 heavy (non-hydrogen) atoms. The van der Waals surface area contributed by atoms with Crippen LogP contribution in [-0.4, -0.2) is 25.2 Å². The fourth-order valence-electron chi connectivity index (χ4n) is 0.821. The lowest BCUT2D eigenvalue weighted by Crippen LogP contribution is -2.32. The van der Waals surface area contributed by atoms with Crippen molar-refractivity contribution in [3.63, 3.8) is 0 Å². The molecule has 86 valence electrons. The van der Waals surface area contributed by atoms with Crippen LogP contribution in [0.4, 0.5) is 4.79 Å². The van der Waals surface area contributed by atoms with Crippen molar-refractivity contribution in [3.8, 4) is 0 Å². The number of carbonyl (C=O) groups excluding carboxylic acids is 2. The van der Waals surface area contributed by atoms with Gasteiger partial charge in [-0.3, -0.25) is 10.1 Å². The molecule has 0 aromatic heterocycles. The van der Waals surface area contributed by atoms with Gasteiger partial charge in [-0.1, -0.05) is 6.92 Å². The number of nitrogens with one attached hydrogen (secondary N) is 1. The largest absolute Gasteiger partial charge is 0.501 e. The number of hydrogen-bond donors (Lipinski definition) is 1. The van der Waals surface area contributed by atoms with Crippen LogP contribution >= 0.6 is 0 Å². The summed E-state index contributed by atoms with van der Waals surface area (Å²) in [5, 5.41) is 2.09. The summed E-state index contributed by atoms with van der Waals surface area (Å²) in [6.45, 7) is 6.00. The van der Waals surface area contributed by atoms with E-state index in [0.717, 1.165) is 0 Å². The number of alkyl carbamates (subject to hydrolysis) is 1. The number of ether oxygens (including phenoxy) is 2. The molecule has 2 amide bonds. The Kier molecular flexibility index (Phi) is 7.05. The van der Waals surface area contributed by atoms with E-state index in [1.54, 1.807) is 13.8 Å². The second-order valence-electron chi connectivity index (χ2n) is 2.63. The first-order valence-corrected chi connectivity index (χ1v) is 4.94. The van der Waals surface area contributed by atoms with Crippen molar-refractivity contribution in [2.24, 2.45) is 0 Å². The normalized spacial score (nSPS) is 10.7. The van der Waals surface area contributed by atoms with E-state index in [1.807, 2.05) is 6.92 Å². The summed E-state index contributed by atoms with van der Waals surface area (Å²) >= 11 is 0. The Morgan fingerprint density at radius 1 is 1.20 bits per heavy atom. The van der Waals surface area contributed by atoms with Crippen molar-refractivity contribution in [2.45, 2.75) is 27.2 Å². The molecule has 0 aromatic rings. The number of hydrogen-bond acceptors (Lipinski definition) is 4. The smallest absolute Gasteiger partial charge is 0.414 e. The lowest BCUT2D eigenvalue weighted by Gasteiger charge is -2.06. The highest BCUT2D eigenvalue weighted by Crippen LogP contribution is 2.01. The van der Waals surface area contributed by atoms with Gasteiger partial charge in [0, 0.05) is 0 Å². The average molecular weight is 215 g/mol. The highest BCUT2D eigenvalue weighted by atomic mass is 16.5. The SMILES string of the molecule is CCO/C=C(\CC)C(=O)NC(=O)OCC. The molecule has 5 heteroatoms. The zero-order chi connectivity index (χ0) is 11.7. The molecule has 0 radical (unpaired) electrons. The molecule has 0 aliphatic carbocycles. The summed E-state index contributed by atoms with van der Waals surface area (Å²) in [6, 6.07) is 0. The zero-order valence-corrected chi connectivity index (χ0v) is 9.33. The summed E-state index contributed by atoms with van der Waals surface area (Å²) < 4.78 is 9.55. The third-order valence-electron chi connectivity index (χ3n) is 1.56. The summed E-state index contributed by atoms with van der Waals surface area (Å²) in [5.41, 5.74) is 0.407. The summed E-state index contributed by atoms with van der Waals surface area (Å²) in [7, 11) is 0. The van der Waals surface area contributed by atoms with Crippen LogP contribution in [0, 0.1) is 0 Å². The number of amides is 2. The average Bonchev–Trinajstić information content (AvgIpc) is 2.19. The van der Waals surface area contributed by atoms with Crippen LogP contribution in [0.5, 0.6) is 0 Å². The maximum absolute atomic E-state index is 11.4. The molecule has 5 nitrogen and oxygen atoms in total. The molecule has 0 saturated heterocycles. The minimum atomic E-state index is -0.738. The van der Waals surface area contributed by atoms with Crippen LogP contribution < -0.4 is 5.32 Å². The van der Waals surface area contributed by atoms with Gasteiger partial charge in [-0.25, -0.2) is 4.79 Å². The minimum absolute atomic E-state index is 0.232. The number of imide groups is 1. The fourth-order valence-corrected chi connectivity index (χ4v) is 0.821. The van der Waals surface area contributed by atoms with Gasteiger partial charge in [0.1, 0.15) is 0 Å². The van der Waals surface area contributed by atoms with E-state index < -0.39 is 12.0 Å². The van der Waals surface area contributed by atoms with Gasteiger partial charge in [-0.2, -0.15) is 0 Å². The number of carbonyl (C=O) groups is 2. The molecule has 0 aliphatic heterocycles.